The van der Waals surface area contributed by atoms with Gasteiger partial charge in [-0.2, -0.15) is 5.26 Å². The molecule has 4 rings (SSSR count). The zero-order valence-corrected chi connectivity index (χ0v) is 15.9. The number of nitrogens with zero attached hydrogens (tertiary/aromatic N) is 2. The van der Waals surface area contributed by atoms with Crippen LogP contribution in [0.15, 0.2) is 48.5 Å². The van der Waals surface area contributed by atoms with Crippen molar-refractivity contribution in [3.8, 4) is 22.9 Å². The second kappa shape index (κ2) is 7.65. The van der Waals surface area contributed by atoms with Gasteiger partial charge in [0.1, 0.15) is 11.8 Å². The Hall–Kier alpha value is -2.84. The summed E-state index contributed by atoms with van der Waals surface area (Å²) in [5, 5.41) is 19.6. The third-order valence-corrected chi connectivity index (χ3v) is 6.15. The van der Waals surface area contributed by atoms with Gasteiger partial charge in [0, 0.05) is 17.4 Å². The molecule has 28 heavy (non-hydrogen) atoms. The molecule has 0 radical (unpaired) electrons. The summed E-state index contributed by atoms with van der Waals surface area (Å²) in [5.74, 6) is 0.697. The fourth-order valence-electron chi connectivity index (χ4n) is 4.34. The summed E-state index contributed by atoms with van der Waals surface area (Å²) in [6.07, 6.45) is 2.85. The van der Waals surface area contributed by atoms with E-state index in [2.05, 4.69) is 6.07 Å². The quantitative estimate of drug-likeness (QED) is 0.869. The summed E-state index contributed by atoms with van der Waals surface area (Å²) in [7, 11) is 1.65. The Morgan fingerprint density at radius 3 is 2.50 bits per heavy atom. The molecule has 5 nitrogen and oxygen atoms in total. The van der Waals surface area contributed by atoms with Crippen LogP contribution in [0, 0.1) is 17.2 Å². The zero-order chi connectivity index (χ0) is 19.7. The van der Waals surface area contributed by atoms with Crippen LogP contribution in [0.4, 0.5) is 0 Å². The van der Waals surface area contributed by atoms with Gasteiger partial charge in [0.2, 0.25) is 5.91 Å². The zero-order valence-electron chi connectivity index (χ0n) is 15.9. The van der Waals surface area contributed by atoms with E-state index >= 15 is 0 Å². The third-order valence-electron chi connectivity index (χ3n) is 6.15. The number of aliphatic hydroxyl groups excluding tert-OH is 1. The molecule has 0 aromatic heterocycles. The molecule has 1 aliphatic carbocycles. The molecular formula is C23H24N2O3. The number of para-hydroxylation sites is 1. The first-order chi connectivity index (χ1) is 13.7. The number of rotatable bonds is 5. The number of aliphatic hydroxyl groups is 1. The third kappa shape index (κ3) is 2.94. The second-order valence-electron chi connectivity index (χ2n) is 7.55. The standard InChI is InChI=1S/C23H24N2O3/c1-28-21-8-3-2-7-18(21)15-9-11-16(12-10-15)22-19(13-24)25(20(22)14-26)23(27)17-5-4-6-17/h2-3,7-12,17,19-20,22,26H,4-6,14H2,1H3/t19-,20-,22+/m1/s1. The maximum atomic E-state index is 12.7. The van der Waals surface area contributed by atoms with Crippen molar-refractivity contribution < 1.29 is 14.6 Å². The van der Waals surface area contributed by atoms with Gasteiger partial charge in [-0.1, -0.05) is 48.9 Å². The van der Waals surface area contributed by atoms with E-state index in [1.165, 1.54) is 0 Å². The summed E-state index contributed by atoms with van der Waals surface area (Å²) in [6, 6.07) is 17.3. The lowest BCUT2D eigenvalue weighted by molar-refractivity contribution is -0.154. The summed E-state index contributed by atoms with van der Waals surface area (Å²) < 4.78 is 5.44. The van der Waals surface area contributed by atoms with E-state index in [4.69, 9.17) is 4.74 Å². The van der Waals surface area contributed by atoms with Crippen LogP contribution in [0.5, 0.6) is 5.75 Å². The van der Waals surface area contributed by atoms with Crippen LogP contribution in [-0.2, 0) is 4.79 Å². The highest BCUT2D eigenvalue weighted by atomic mass is 16.5. The number of carbonyl (C=O) groups excluding carboxylic acids is 1. The number of hydrogen-bond acceptors (Lipinski definition) is 4. The summed E-state index contributed by atoms with van der Waals surface area (Å²) in [6.45, 7) is -0.129. The molecule has 2 aromatic rings. The molecule has 0 unspecified atom stereocenters. The molecule has 1 saturated heterocycles. The number of amides is 1. The number of nitriles is 1. The van der Waals surface area contributed by atoms with Gasteiger partial charge in [-0.3, -0.25) is 4.79 Å². The van der Waals surface area contributed by atoms with Crippen molar-refractivity contribution in [3.63, 3.8) is 0 Å². The normalized spacial score (nSPS) is 24.0. The lowest BCUT2D eigenvalue weighted by Crippen LogP contribution is -2.66. The molecule has 1 N–H and O–H groups in total. The van der Waals surface area contributed by atoms with Crippen LogP contribution < -0.4 is 4.74 Å². The van der Waals surface area contributed by atoms with Gasteiger partial charge in [-0.15, -0.1) is 0 Å². The summed E-state index contributed by atoms with van der Waals surface area (Å²) >= 11 is 0. The maximum absolute atomic E-state index is 12.7. The van der Waals surface area contributed by atoms with Crippen LogP contribution in [-0.4, -0.2) is 41.7 Å². The number of benzene rings is 2. The molecule has 144 valence electrons. The molecule has 0 bridgehead atoms. The van der Waals surface area contributed by atoms with Crippen LogP contribution in [0.1, 0.15) is 30.7 Å². The Labute approximate surface area is 165 Å². The Morgan fingerprint density at radius 2 is 1.93 bits per heavy atom. The lowest BCUT2D eigenvalue weighted by Gasteiger charge is -2.53. The largest absolute Gasteiger partial charge is 0.496 e. The SMILES string of the molecule is COc1ccccc1-c1ccc([C@H]2[C@@H](C#N)N(C(=O)C3CCC3)[C@@H]2CO)cc1. The number of ether oxygens (including phenoxy) is 1. The van der Waals surface area contributed by atoms with Gasteiger partial charge < -0.3 is 14.7 Å². The van der Waals surface area contributed by atoms with Crippen molar-refractivity contribution in [1.82, 2.24) is 4.90 Å². The fraction of sp³-hybridized carbons (Fsp3) is 0.391. The maximum Gasteiger partial charge on any atom is 0.227 e. The molecule has 2 aromatic carbocycles. The van der Waals surface area contributed by atoms with E-state index in [1.54, 1.807) is 12.0 Å². The highest BCUT2D eigenvalue weighted by Gasteiger charge is 2.53. The van der Waals surface area contributed by atoms with E-state index in [0.717, 1.165) is 41.7 Å². The number of hydrogen-bond donors (Lipinski definition) is 1. The van der Waals surface area contributed by atoms with E-state index < -0.39 is 6.04 Å². The predicted octanol–water partition coefficient (Wildman–Crippen LogP) is 3.34. The first kappa shape index (κ1) is 18.5. The topological polar surface area (TPSA) is 73.6 Å². The lowest BCUT2D eigenvalue weighted by atomic mass is 9.73. The molecular weight excluding hydrogens is 352 g/mol. The Balaban J connectivity index is 1.58. The predicted molar refractivity (Wildman–Crippen MR) is 106 cm³/mol. The van der Waals surface area contributed by atoms with Crippen LogP contribution in [0.3, 0.4) is 0 Å². The van der Waals surface area contributed by atoms with Crippen molar-refractivity contribution in [2.75, 3.05) is 13.7 Å². The van der Waals surface area contributed by atoms with Crippen LogP contribution >= 0.6 is 0 Å². The first-order valence-corrected chi connectivity index (χ1v) is 9.75. The molecule has 3 atom stereocenters. The molecule has 1 heterocycles. The molecule has 0 spiro atoms. The highest BCUT2D eigenvalue weighted by molar-refractivity contribution is 5.82. The minimum absolute atomic E-state index is 0.0266. The number of methoxy groups -OCH3 is 1. The highest BCUT2D eigenvalue weighted by Crippen LogP contribution is 2.44. The van der Waals surface area contributed by atoms with Gasteiger partial charge in [0.05, 0.1) is 25.8 Å². The van der Waals surface area contributed by atoms with Crippen molar-refractivity contribution in [3.05, 3.63) is 54.1 Å². The van der Waals surface area contributed by atoms with Crippen molar-refractivity contribution in [2.45, 2.75) is 37.3 Å². The van der Waals surface area contributed by atoms with E-state index in [0.29, 0.717) is 0 Å². The molecule has 1 aliphatic heterocycles. The van der Waals surface area contributed by atoms with Crippen molar-refractivity contribution >= 4 is 5.91 Å². The van der Waals surface area contributed by atoms with E-state index in [1.807, 2.05) is 48.5 Å². The van der Waals surface area contributed by atoms with Crippen LogP contribution in [0.2, 0.25) is 0 Å². The average molecular weight is 376 g/mol. The molecule has 1 saturated carbocycles. The van der Waals surface area contributed by atoms with Gasteiger partial charge >= 0.3 is 0 Å². The van der Waals surface area contributed by atoms with Crippen molar-refractivity contribution in [2.24, 2.45) is 5.92 Å². The fourth-order valence-corrected chi connectivity index (χ4v) is 4.34. The van der Waals surface area contributed by atoms with Crippen molar-refractivity contribution in [1.29, 1.82) is 5.26 Å². The second-order valence-corrected chi connectivity index (χ2v) is 7.55. The molecule has 2 fully saturated rings. The number of carbonyl (C=O) groups is 1. The minimum atomic E-state index is -0.512. The molecule has 1 amide bonds. The molecule has 2 aliphatic rings. The van der Waals surface area contributed by atoms with Gasteiger partial charge in [0.15, 0.2) is 0 Å². The van der Waals surface area contributed by atoms with E-state index in [-0.39, 0.29) is 30.4 Å². The summed E-state index contributed by atoms with van der Waals surface area (Å²) in [4.78, 5) is 14.3. The van der Waals surface area contributed by atoms with Gasteiger partial charge in [0.25, 0.3) is 0 Å². The Kier molecular flexibility index (Phi) is 5.06. The minimum Gasteiger partial charge on any atom is -0.496 e. The Morgan fingerprint density at radius 1 is 1.21 bits per heavy atom. The summed E-state index contributed by atoms with van der Waals surface area (Å²) in [5.41, 5.74) is 3.00. The smallest absolute Gasteiger partial charge is 0.227 e. The average Bonchev–Trinajstić information content (AvgIpc) is 2.67. The molecule has 5 heteroatoms. The van der Waals surface area contributed by atoms with Crippen LogP contribution in [0.25, 0.3) is 11.1 Å². The first-order valence-electron chi connectivity index (χ1n) is 9.75. The number of likely N-dealkylation sites (tertiary alicyclic amines) is 1. The van der Waals surface area contributed by atoms with Gasteiger partial charge in [-0.05, 0) is 30.0 Å². The van der Waals surface area contributed by atoms with Gasteiger partial charge in [-0.25, -0.2) is 0 Å². The Bertz CT molecular complexity index is 899. The monoisotopic (exact) mass is 376 g/mol. The van der Waals surface area contributed by atoms with E-state index in [9.17, 15) is 15.2 Å².